The van der Waals surface area contributed by atoms with E-state index in [2.05, 4.69) is 41.1 Å². The Morgan fingerprint density at radius 1 is 1.09 bits per heavy atom. The SMILES string of the molecule is Cc1c[nH]c2ccc(-c3cc(C=C4SC(=S)N(CCc5ccc(C(=O)O)cc5)C4=O)ccc3OCCN3CCOCC3)cc12. The van der Waals surface area contributed by atoms with Gasteiger partial charge in [0, 0.05) is 48.8 Å². The Morgan fingerprint density at radius 3 is 2.66 bits per heavy atom. The Labute approximate surface area is 265 Å². The number of rotatable bonds is 10. The van der Waals surface area contributed by atoms with Crippen LogP contribution in [-0.4, -0.2) is 82.1 Å². The topological polar surface area (TPSA) is 95.1 Å². The number of nitrogens with one attached hydrogen (secondary N) is 1. The summed E-state index contributed by atoms with van der Waals surface area (Å²) >= 11 is 6.87. The molecule has 2 aliphatic heterocycles. The van der Waals surface area contributed by atoms with Crippen LogP contribution in [0.4, 0.5) is 0 Å². The summed E-state index contributed by atoms with van der Waals surface area (Å²) < 4.78 is 12.3. The molecule has 3 heterocycles. The molecular weight excluding hydrogens is 595 g/mol. The van der Waals surface area contributed by atoms with Crippen molar-refractivity contribution in [1.29, 1.82) is 0 Å². The number of ether oxygens (including phenoxy) is 2. The highest BCUT2D eigenvalue weighted by Crippen LogP contribution is 2.37. The number of amides is 1. The number of carboxylic acids is 1. The predicted molar refractivity (Wildman–Crippen MR) is 178 cm³/mol. The number of carbonyl (C=O) groups is 2. The van der Waals surface area contributed by atoms with Gasteiger partial charge >= 0.3 is 5.97 Å². The second-order valence-corrected chi connectivity index (χ2v) is 12.6. The summed E-state index contributed by atoms with van der Waals surface area (Å²) in [6.45, 7) is 7.23. The number of nitrogens with zero attached hydrogens (tertiary/aromatic N) is 2. The Bertz CT molecular complexity index is 1740. The van der Waals surface area contributed by atoms with Crippen molar-refractivity contribution < 1.29 is 24.2 Å². The van der Waals surface area contributed by atoms with E-state index in [1.165, 1.54) is 17.3 Å². The fourth-order valence-corrected chi connectivity index (χ4v) is 6.73. The van der Waals surface area contributed by atoms with Gasteiger partial charge in [-0.3, -0.25) is 14.6 Å². The van der Waals surface area contributed by atoms with Gasteiger partial charge in [-0.25, -0.2) is 4.79 Å². The first-order valence-electron chi connectivity index (χ1n) is 14.6. The van der Waals surface area contributed by atoms with Crippen LogP contribution in [0.3, 0.4) is 0 Å². The standard InChI is InChI=1S/C34H33N3O5S2/c1-22-21-35-29-8-7-26(20-27(22)29)28-18-24(4-9-30(28)42-17-14-36-12-15-41-16-13-36)19-31-32(38)37(34(43)44-31)11-10-23-2-5-25(6-3-23)33(39)40/h2-9,18-21,35H,10-17H2,1H3,(H,39,40). The number of aromatic carboxylic acids is 1. The molecule has 4 aromatic rings. The van der Waals surface area contributed by atoms with E-state index in [-0.39, 0.29) is 11.5 Å². The molecule has 1 aromatic heterocycles. The molecule has 2 aliphatic rings. The van der Waals surface area contributed by atoms with Gasteiger partial charge in [0.1, 0.15) is 16.7 Å². The van der Waals surface area contributed by atoms with Crippen LogP contribution in [-0.2, 0) is 16.0 Å². The number of H-pyrrole nitrogens is 1. The minimum Gasteiger partial charge on any atom is -0.492 e. The number of thioether (sulfide) groups is 1. The molecule has 2 fully saturated rings. The minimum absolute atomic E-state index is 0.126. The monoisotopic (exact) mass is 627 g/mol. The third-order valence-electron chi connectivity index (χ3n) is 7.97. The maximum Gasteiger partial charge on any atom is 0.335 e. The molecule has 0 atom stereocenters. The van der Waals surface area contributed by atoms with E-state index in [0.29, 0.717) is 28.8 Å². The smallest absolute Gasteiger partial charge is 0.335 e. The van der Waals surface area contributed by atoms with Crippen molar-refractivity contribution >= 4 is 57.2 Å². The van der Waals surface area contributed by atoms with Gasteiger partial charge in [-0.2, -0.15) is 0 Å². The highest BCUT2D eigenvalue weighted by Gasteiger charge is 2.31. The summed E-state index contributed by atoms with van der Waals surface area (Å²) in [5.41, 5.74) is 6.32. The van der Waals surface area contributed by atoms with Crippen LogP contribution in [0.2, 0.25) is 0 Å². The molecule has 0 unspecified atom stereocenters. The fraction of sp³-hybridized carbons (Fsp3) is 0.265. The molecule has 0 saturated carbocycles. The number of aromatic amines is 1. The van der Waals surface area contributed by atoms with Gasteiger partial charge in [0.25, 0.3) is 5.91 Å². The number of aromatic nitrogens is 1. The maximum absolute atomic E-state index is 13.4. The predicted octanol–water partition coefficient (Wildman–Crippen LogP) is 6.00. The lowest BCUT2D eigenvalue weighted by Gasteiger charge is -2.26. The molecule has 0 aliphatic carbocycles. The molecule has 1 amide bonds. The van der Waals surface area contributed by atoms with E-state index in [0.717, 1.165) is 71.8 Å². The number of aryl methyl sites for hydroxylation is 1. The molecule has 3 aromatic carbocycles. The van der Waals surface area contributed by atoms with Crippen LogP contribution in [0.5, 0.6) is 5.75 Å². The summed E-state index contributed by atoms with van der Waals surface area (Å²) in [7, 11) is 0. The third kappa shape index (κ3) is 6.73. The highest BCUT2D eigenvalue weighted by molar-refractivity contribution is 8.26. The van der Waals surface area contributed by atoms with Crippen LogP contribution in [0, 0.1) is 6.92 Å². The largest absolute Gasteiger partial charge is 0.492 e. The Morgan fingerprint density at radius 2 is 1.89 bits per heavy atom. The summed E-state index contributed by atoms with van der Waals surface area (Å²) in [4.78, 5) is 32.4. The van der Waals surface area contributed by atoms with Crippen molar-refractivity contribution in [2.75, 3.05) is 46.0 Å². The van der Waals surface area contributed by atoms with Gasteiger partial charge < -0.3 is 19.6 Å². The number of hydrogen-bond acceptors (Lipinski definition) is 7. The zero-order chi connectivity index (χ0) is 30.6. The molecule has 2 saturated heterocycles. The molecule has 44 heavy (non-hydrogen) atoms. The lowest BCUT2D eigenvalue weighted by molar-refractivity contribution is -0.122. The van der Waals surface area contributed by atoms with Crippen molar-refractivity contribution in [3.8, 4) is 16.9 Å². The van der Waals surface area contributed by atoms with Gasteiger partial charge in [-0.15, -0.1) is 0 Å². The summed E-state index contributed by atoms with van der Waals surface area (Å²) in [5.74, 6) is -0.294. The minimum atomic E-state index is -0.963. The number of carboxylic acid groups (broad SMARTS) is 1. The molecule has 0 radical (unpaired) electrons. The molecule has 0 bridgehead atoms. The van der Waals surface area contributed by atoms with E-state index in [1.807, 2.05) is 24.4 Å². The second-order valence-electron chi connectivity index (χ2n) is 10.9. The number of carbonyl (C=O) groups excluding carboxylic acids is 1. The summed E-state index contributed by atoms with van der Waals surface area (Å²) in [6, 6.07) is 19.1. The molecule has 6 rings (SSSR count). The number of morpholine rings is 1. The molecule has 2 N–H and O–H groups in total. The van der Waals surface area contributed by atoms with Crippen LogP contribution < -0.4 is 4.74 Å². The quantitative estimate of drug-likeness (QED) is 0.163. The van der Waals surface area contributed by atoms with Crippen LogP contribution in [0.25, 0.3) is 28.1 Å². The van der Waals surface area contributed by atoms with Crippen LogP contribution in [0.1, 0.15) is 27.0 Å². The van der Waals surface area contributed by atoms with Crippen LogP contribution in [0.15, 0.2) is 71.8 Å². The zero-order valence-electron chi connectivity index (χ0n) is 24.4. The van der Waals surface area contributed by atoms with E-state index < -0.39 is 5.97 Å². The average molecular weight is 628 g/mol. The number of hydrogen-bond donors (Lipinski definition) is 2. The first-order chi connectivity index (χ1) is 21.4. The highest BCUT2D eigenvalue weighted by atomic mass is 32.2. The van der Waals surface area contributed by atoms with Crippen molar-refractivity contribution in [3.05, 3.63) is 94.0 Å². The first-order valence-corrected chi connectivity index (χ1v) is 15.8. The van der Waals surface area contributed by atoms with E-state index in [1.54, 1.807) is 29.2 Å². The number of benzene rings is 3. The molecule has 8 nitrogen and oxygen atoms in total. The van der Waals surface area contributed by atoms with Gasteiger partial charge in [-0.05, 0) is 78.1 Å². The Balaban J connectivity index is 1.22. The van der Waals surface area contributed by atoms with E-state index >= 15 is 0 Å². The van der Waals surface area contributed by atoms with E-state index in [9.17, 15) is 9.59 Å². The van der Waals surface area contributed by atoms with Crippen molar-refractivity contribution in [2.45, 2.75) is 13.3 Å². The number of fused-ring (bicyclic) bond motifs is 1. The lowest BCUT2D eigenvalue weighted by Crippen LogP contribution is -2.38. The summed E-state index contributed by atoms with van der Waals surface area (Å²) in [5, 5.41) is 10.3. The lowest BCUT2D eigenvalue weighted by atomic mass is 9.99. The van der Waals surface area contributed by atoms with Crippen LogP contribution >= 0.6 is 24.0 Å². The Hall–Kier alpha value is -3.96. The summed E-state index contributed by atoms with van der Waals surface area (Å²) in [6.07, 6.45) is 4.47. The van der Waals surface area contributed by atoms with Crippen molar-refractivity contribution in [3.63, 3.8) is 0 Å². The van der Waals surface area contributed by atoms with Gasteiger partial charge in [0.05, 0.1) is 23.7 Å². The first kappa shape index (κ1) is 30.1. The van der Waals surface area contributed by atoms with E-state index in [4.69, 9.17) is 26.8 Å². The fourth-order valence-electron chi connectivity index (χ4n) is 5.43. The molecular formula is C34H33N3O5S2. The van der Waals surface area contributed by atoms with Gasteiger partial charge in [0.15, 0.2) is 0 Å². The Kier molecular flexibility index (Phi) is 9.13. The van der Waals surface area contributed by atoms with Gasteiger partial charge in [-0.1, -0.05) is 48.2 Å². The average Bonchev–Trinajstić information content (AvgIpc) is 3.54. The normalized spacial score (nSPS) is 16.8. The molecule has 226 valence electrons. The van der Waals surface area contributed by atoms with Crippen molar-refractivity contribution in [2.24, 2.45) is 0 Å². The maximum atomic E-state index is 13.4. The third-order valence-corrected chi connectivity index (χ3v) is 9.35. The molecule has 0 spiro atoms. The second kappa shape index (κ2) is 13.4. The zero-order valence-corrected chi connectivity index (χ0v) is 26.0. The number of thiocarbonyl (C=S) groups is 1. The van der Waals surface area contributed by atoms with Gasteiger partial charge in [0.2, 0.25) is 0 Å². The molecule has 10 heteroatoms. The van der Waals surface area contributed by atoms with Crippen molar-refractivity contribution in [1.82, 2.24) is 14.8 Å².